The molecule has 7 nitrogen and oxygen atoms in total. The number of carbonyl (C=O) groups excluding carboxylic acids is 1. The van der Waals surface area contributed by atoms with Crippen LogP contribution in [0, 0.1) is 6.92 Å². The van der Waals surface area contributed by atoms with Crippen molar-refractivity contribution >= 4 is 28.9 Å². The summed E-state index contributed by atoms with van der Waals surface area (Å²) in [6, 6.07) is 9.39. The second-order valence-electron chi connectivity index (χ2n) is 6.16. The summed E-state index contributed by atoms with van der Waals surface area (Å²) < 4.78 is 0. The van der Waals surface area contributed by atoms with Crippen LogP contribution in [0.1, 0.15) is 19.2 Å². The van der Waals surface area contributed by atoms with Crippen molar-refractivity contribution in [3.63, 3.8) is 0 Å². The molecule has 2 rings (SSSR count). The van der Waals surface area contributed by atoms with Gasteiger partial charge < -0.3 is 20.9 Å². The van der Waals surface area contributed by atoms with E-state index in [1.54, 1.807) is 0 Å². The van der Waals surface area contributed by atoms with Gasteiger partial charge in [0.1, 0.15) is 17.5 Å². The third-order valence-electron chi connectivity index (χ3n) is 3.38. The van der Waals surface area contributed by atoms with Crippen molar-refractivity contribution in [2.24, 2.45) is 0 Å². The quantitative estimate of drug-likeness (QED) is 0.640. The fourth-order valence-corrected chi connectivity index (χ4v) is 2.36. The second-order valence-corrected chi connectivity index (χ2v) is 6.16. The maximum absolute atomic E-state index is 11.2. The van der Waals surface area contributed by atoms with Crippen molar-refractivity contribution in [1.29, 1.82) is 0 Å². The molecule has 0 unspecified atom stereocenters. The number of rotatable bonds is 8. The molecule has 0 bridgehead atoms. The van der Waals surface area contributed by atoms with E-state index in [0.29, 0.717) is 11.6 Å². The molecule has 1 heterocycles. The highest BCUT2D eigenvalue weighted by Gasteiger charge is 2.04. The zero-order valence-electron chi connectivity index (χ0n) is 15.3. The Kier molecular flexibility index (Phi) is 6.71. The van der Waals surface area contributed by atoms with E-state index in [4.69, 9.17) is 0 Å². The minimum absolute atomic E-state index is 0.0979. The van der Waals surface area contributed by atoms with Crippen LogP contribution in [0.2, 0.25) is 0 Å². The van der Waals surface area contributed by atoms with Crippen molar-refractivity contribution < 1.29 is 4.79 Å². The Morgan fingerprint density at radius 2 is 1.84 bits per heavy atom. The van der Waals surface area contributed by atoms with E-state index in [-0.39, 0.29) is 5.91 Å². The number of hydrogen-bond acceptors (Lipinski definition) is 6. The summed E-state index contributed by atoms with van der Waals surface area (Å²) in [5.74, 6) is 2.10. The molecule has 1 aromatic carbocycles. The zero-order valence-corrected chi connectivity index (χ0v) is 15.3. The molecule has 0 atom stereocenters. The third-order valence-corrected chi connectivity index (χ3v) is 3.38. The highest BCUT2D eigenvalue weighted by molar-refractivity contribution is 5.89. The van der Waals surface area contributed by atoms with Gasteiger partial charge in [-0.15, -0.1) is 0 Å². The van der Waals surface area contributed by atoms with Gasteiger partial charge in [0.2, 0.25) is 5.91 Å². The van der Waals surface area contributed by atoms with Crippen molar-refractivity contribution in [2.45, 2.75) is 20.3 Å². The normalized spacial score (nSPS) is 10.6. The summed E-state index contributed by atoms with van der Waals surface area (Å²) in [5.41, 5.74) is 1.59. The molecule has 1 aromatic heterocycles. The van der Waals surface area contributed by atoms with Gasteiger partial charge >= 0.3 is 0 Å². The molecular formula is C18H26N6O. The molecule has 1 amide bonds. The van der Waals surface area contributed by atoms with Gasteiger partial charge in [-0.2, -0.15) is 0 Å². The number of aromatic nitrogens is 2. The lowest BCUT2D eigenvalue weighted by molar-refractivity contribution is -0.114. The van der Waals surface area contributed by atoms with Crippen LogP contribution in [0.3, 0.4) is 0 Å². The predicted octanol–water partition coefficient (Wildman–Crippen LogP) is 2.85. The Hall–Kier alpha value is -2.67. The van der Waals surface area contributed by atoms with Gasteiger partial charge in [-0.3, -0.25) is 4.79 Å². The first-order valence-electron chi connectivity index (χ1n) is 8.31. The standard InChI is InChI=1S/C18H26N6O/c1-13-20-17(19-9-6-10-24(3)4)12-18(21-13)23-16-8-5-7-15(11-16)22-14(2)25/h5,7-8,11-12H,6,9-10H2,1-4H3,(H,22,25)(H2,19,20,21,23). The van der Waals surface area contributed by atoms with Crippen LogP contribution in [-0.2, 0) is 4.79 Å². The first-order valence-corrected chi connectivity index (χ1v) is 8.31. The van der Waals surface area contributed by atoms with Gasteiger partial charge in [0, 0.05) is 30.9 Å². The number of amides is 1. The van der Waals surface area contributed by atoms with E-state index in [1.807, 2.05) is 37.3 Å². The van der Waals surface area contributed by atoms with Gasteiger partial charge in [-0.1, -0.05) is 6.07 Å². The summed E-state index contributed by atoms with van der Waals surface area (Å²) in [6.07, 6.45) is 1.04. The molecule has 0 aliphatic heterocycles. The summed E-state index contributed by atoms with van der Waals surface area (Å²) in [7, 11) is 4.12. The molecule has 0 saturated carbocycles. The lowest BCUT2D eigenvalue weighted by atomic mass is 10.2. The molecule has 0 aliphatic rings. The number of carbonyl (C=O) groups is 1. The molecule has 2 aromatic rings. The number of benzene rings is 1. The molecule has 0 aliphatic carbocycles. The van der Waals surface area contributed by atoms with Gasteiger partial charge in [-0.05, 0) is 52.2 Å². The molecule has 0 spiro atoms. The number of nitrogens with zero attached hydrogens (tertiary/aromatic N) is 3. The Bertz CT molecular complexity index is 716. The van der Waals surface area contributed by atoms with Crippen LogP contribution in [0.5, 0.6) is 0 Å². The summed E-state index contributed by atoms with van der Waals surface area (Å²) >= 11 is 0. The topological polar surface area (TPSA) is 82.2 Å². The molecule has 3 N–H and O–H groups in total. The molecule has 0 saturated heterocycles. The second kappa shape index (κ2) is 8.98. The highest BCUT2D eigenvalue weighted by Crippen LogP contribution is 2.20. The van der Waals surface area contributed by atoms with E-state index in [9.17, 15) is 4.79 Å². The van der Waals surface area contributed by atoms with Crippen LogP contribution < -0.4 is 16.0 Å². The van der Waals surface area contributed by atoms with Crippen LogP contribution in [0.25, 0.3) is 0 Å². The van der Waals surface area contributed by atoms with Crippen molar-refractivity contribution in [2.75, 3.05) is 43.1 Å². The molecule has 7 heteroatoms. The average molecular weight is 342 g/mol. The van der Waals surface area contributed by atoms with Crippen molar-refractivity contribution in [1.82, 2.24) is 14.9 Å². The Morgan fingerprint density at radius 3 is 2.56 bits per heavy atom. The van der Waals surface area contributed by atoms with E-state index in [1.165, 1.54) is 6.92 Å². The van der Waals surface area contributed by atoms with E-state index < -0.39 is 0 Å². The lowest BCUT2D eigenvalue weighted by Gasteiger charge is -2.12. The number of nitrogens with one attached hydrogen (secondary N) is 3. The summed E-state index contributed by atoms with van der Waals surface area (Å²) in [5, 5.41) is 9.36. The minimum atomic E-state index is -0.0979. The zero-order chi connectivity index (χ0) is 18.2. The fourth-order valence-electron chi connectivity index (χ4n) is 2.36. The number of aryl methyl sites for hydroxylation is 1. The molecule has 25 heavy (non-hydrogen) atoms. The smallest absolute Gasteiger partial charge is 0.221 e. The largest absolute Gasteiger partial charge is 0.370 e. The number of hydrogen-bond donors (Lipinski definition) is 3. The number of anilines is 4. The van der Waals surface area contributed by atoms with Crippen LogP contribution >= 0.6 is 0 Å². The van der Waals surface area contributed by atoms with E-state index in [2.05, 4.69) is 44.9 Å². The first-order chi connectivity index (χ1) is 11.9. The molecule has 0 fully saturated rings. The Labute approximate surface area is 148 Å². The SMILES string of the molecule is CC(=O)Nc1cccc(Nc2cc(NCCCN(C)C)nc(C)n2)c1. The molecule has 134 valence electrons. The van der Waals surface area contributed by atoms with Gasteiger partial charge in [0.05, 0.1) is 0 Å². The predicted molar refractivity (Wildman–Crippen MR) is 102 cm³/mol. The summed E-state index contributed by atoms with van der Waals surface area (Å²) in [6.45, 7) is 5.23. The average Bonchev–Trinajstić information content (AvgIpc) is 2.50. The van der Waals surface area contributed by atoms with Gasteiger partial charge in [0.15, 0.2) is 0 Å². The van der Waals surface area contributed by atoms with Gasteiger partial charge in [0.25, 0.3) is 0 Å². The van der Waals surface area contributed by atoms with Crippen LogP contribution in [0.15, 0.2) is 30.3 Å². The lowest BCUT2D eigenvalue weighted by Crippen LogP contribution is -2.16. The van der Waals surface area contributed by atoms with E-state index in [0.717, 1.165) is 36.7 Å². The third kappa shape index (κ3) is 6.76. The van der Waals surface area contributed by atoms with Crippen LogP contribution in [-0.4, -0.2) is 48.0 Å². The van der Waals surface area contributed by atoms with Crippen molar-refractivity contribution in [3.8, 4) is 0 Å². The maximum atomic E-state index is 11.2. The Balaban J connectivity index is 2.03. The summed E-state index contributed by atoms with van der Waals surface area (Å²) in [4.78, 5) is 22.2. The van der Waals surface area contributed by atoms with Crippen LogP contribution in [0.4, 0.5) is 23.0 Å². The fraction of sp³-hybridized carbons (Fsp3) is 0.389. The minimum Gasteiger partial charge on any atom is -0.370 e. The van der Waals surface area contributed by atoms with Crippen molar-refractivity contribution in [3.05, 3.63) is 36.2 Å². The molecular weight excluding hydrogens is 316 g/mol. The molecule has 0 radical (unpaired) electrons. The van der Waals surface area contributed by atoms with Gasteiger partial charge in [-0.25, -0.2) is 9.97 Å². The van der Waals surface area contributed by atoms with E-state index >= 15 is 0 Å². The first kappa shape index (κ1) is 18.7. The maximum Gasteiger partial charge on any atom is 0.221 e. The Morgan fingerprint density at radius 1 is 1.12 bits per heavy atom. The monoisotopic (exact) mass is 342 g/mol. The highest BCUT2D eigenvalue weighted by atomic mass is 16.1.